The number of hydrogen-bond acceptors (Lipinski definition) is 6. The predicted octanol–water partition coefficient (Wildman–Crippen LogP) is 2.98. The molecular formula is C25H27N3O5S. The topological polar surface area (TPSA) is 88.5 Å². The maximum atomic E-state index is 13.5. The maximum Gasteiger partial charge on any atom is 0.285 e. The number of nitrogens with zero attached hydrogens (tertiary/aromatic N) is 3. The molecule has 0 radical (unpaired) electrons. The molecule has 0 aromatic heterocycles. The molecule has 1 amide bonds. The SMILES string of the molecule is O=C(C1CCN(C2=NS(=O)(=O)c3ccccc32)CC1)N1CCC[C@@H]1c1ccc2c(c1)OCCO2. The van der Waals surface area contributed by atoms with Gasteiger partial charge in [-0.05, 0) is 55.5 Å². The van der Waals surface area contributed by atoms with Crippen molar-refractivity contribution in [2.24, 2.45) is 10.3 Å². The number of amidine groups is 1. The smallest absolute Gasteiger partial charge is 0.285 e. The molecule has 0 aliphatic carbocycles. The van der Waals surface area contributed by atoms with Crippen LogP contribution in [0.2, 0.25) is 0 Å². The minimum absolute atomic E-state index is 0.0533. The Hall–Kier alpha value is -3.07. The number of benzene rings is 2. The van der Waals surface area contributed by atoms with Crippen LogP contribution in [0.3, 0.4) is 0 Å². The summed E-state index contributed by atoms with van der Waals surface area (Å²) in [5, 5.41) is 0. The van der Waals surface area contributed by atoms with Gasteiger partial charge < -0.3 is 19.3 Å². The highest BCUT2D eigenvalue weighted by molar-refractivity contribution is 7.90. The van der Waals surface area contributed by atoms with Crippen molar-refractivity contribution in [1.29, 1.82) is 0 Å². The number of sulfonamides is 1. The lowest BCUT2D eigenvalue weighted by molar-refractivity contribution is -0.137. The zero-order chi connectivity index (χ0) is 23.3. The molecule has 8 nitrogen and oxygen atoms in total. The van der Waals surface area contributed by atoms with E-state index >= 15 is 0 Å². The minimum Gasteiger partial charge on any atom is -0.486 e. The first-order valence-electron chi connectivity index (χ1n) is 11.9. The van der Waals surface area contributed by atoms with Crippen molar-refractivity contribution in [3.8, 4) is 11.5 Å². The van der Waals surface area contributed by atoms with Gasteiger partial charge in [0.25, 0.3) is 10.0 Å². The van der Waals surface area contributed by atoms with Crippen molar-refractivity contribution >= 4 is 21.8 Å². The third kappa shape index (κ3) is 3.62. The zero-order valence-corrected chi connectivity index (χ0v) is 19.7. The Balaban J connectivity index is 1.15. The molecule has 1 atom stereocenters. The van der Waals surface area contributed by atoms with E-state index in [1.807, 2.05) is 34.1 Å². The average molecular weight is 482 g/mol. The van der Waals surface area contributed by atoms with Gasteiger partial charge in [-0.1, -0.05) is 18.2 Å². The van der Waals surface area contributed by atoms with Gasteiger partial charge in [-0.3, -0.25) is 4.79 Å². The number of piperidine rings is 1. The second kappa shape index (κ2) is 8.30. The van der Waals surface area contributed by atoms with Gasteiger partial charge in [0, 0.05) is 31.1 Å². The molecule has 2 fully saturated rings. The van der Waals surface area contributed by atoms with Crippen LogP contribution in [-0.2, 0) is 14.8 Å². The van der Waals surface area contributed by atoms with Crippen LogP contribution in [0.25, 0.3) is 0 Å². The molecule has 9 heteroatoms. The van der Waals surface area contributed by atoms with E-state index in [4.69, 9.17) is 9.47 Å². The number of carbonyl (C=O) groups excluding carboxylic acids is 1. The highest BCUT2D eigenvalue weighted by Gasteiger charge is 2.38. The Morgan fingerprint density at radius 3 is 2.53 bits per heavy atom. The lowest BCUT2D eigenvalue weighted by atomic mass is 9.93. The lowest BCUT2D eigenvalue weighted by Gasteiger charge is -2.36. The number of amides is 1. The van der Waals surface area contributed by atoms with Gasteiger partial charge in [0.2, 0.25) is 5.91 Å². The number of rotatable bonds is 2. The summed E-state index contributed by atoms with van der Waals surface area (Å²) < 4.78 is 40.3. The van der Waals surface area contributed by atoms with E-state index in [0.717, 1.165) is 36.4 Å². The largest absolute Gasteiger partial charge is 0.486 e. The van der Waals surface area contributed by atoms with Gasteiger partial charge in [-0.2, -0.15) is 8.42 Å². The third-order valence-electron chi connectivity index (χ3n) is 7.24. The first-order valence-corrected chi connectivity index (χ1v) is 13.3. The van der Waals surface area contributed by atoms with Gasteiger partial charge in [-0.25, -0.2) is 0 Å². The summed E-state index contributed by atoms with van der Waals surface area (Å²) in [5.74, 6) is 2.15. The Kier molecular flexibility index (Phi) is 5.24. The van der Waals surface area contributed by atoms with Crippen molar-refractivity contribution in [2.45, 2.75) is 36.6 Å². The van der Waals surface area contributed by atoms with Crippen LogP contribution in [-0.4, -0.2) is 62.8 Å². The van der Waals surface area contributed by atoms with Crippen LogP contribution in [0.1, 0.15) is 42.9 Å². The van der Waals surface area contributed by atoms with E-state index in [2.05, 4.69) is 4.40 Å². The third-order valence-corrected chi connectivity index (χ3v) is 8.57. The molecule has 2 saturated heterocycles. The van der Waals surface area contributed by atoms with E-state index in [-0.39, 0.29) is 22.8 Å². The molecule has 6 rings (SSSR count). The fraction of sp³-hybridized carbons (Fsp3) is 0.440. The normalized spacial score (nSPS) is 23.5. The predicted molar refractivity (Wildman–Crippen MR) is 126 cm³/mol. The number of hydrogen-bond donors (Lipinski definition) is 0. The fourth-order valence-electron chi connectivity index (χ4n) is 5.53. The molecule has 4 heterocycles. The first kappa shape index (κ1) is 21.5. The van der Waals surface area contributed by atoms with Crippen LogP contribution >= 0.6 is 0 Å². The number of fused-ring (bicyclic) bond motifs is 2. The van der Waals surface area contributed by atoms with Gasteiger partial charge in [0.05, 0.1) is 6.04 Å². The highest BCUT2D eigenvalue weighted by Crippen LogP contribution is 2.39. The summed E-state index contributed by atoms with van der Waals surface area (Å²) in [5.41, 5.74) is 1.75. The molecule has 2 aromatic rings. The molecule has 2 aromatic carbocycles. The van der Waals surface area contributed by atoms with Crippen LogP contribution in [0.15, 0.2) is 51.8 Å². The molecule has 178 valence electrons. The van der Waals surface area contributed by atoms with E-state index in [1.54, 1.807) is 18.2 Å². The Labute approximate surface area is 199 Å². The van der Waals surface area contributed by atoms with E-state index in [9.17, 15) is 13.2 Å². The molecule has 0 N–H and O–H groups in total. The second-order valence-corrected chi connectivity index (χ2v) is 10.8. The molecule has 0 saturated carbocycles. The maximum absolute atomic E-state index is 13.5. The fourth-order valence-corrected chi connectivity index (χ4v) is 6.76. The number of likely N-dealkylation sites (tertiary alicyclic amines) is 2. The minimum atomic E-state index is -3.64. The molecule has 0 spiro atoms. The second-order valence-electron chi connectivity index (χ2n) is 9.24. The standard InChI is InChI=1S/C25H27N3O5S/c29-25(28-11-3-5-20(28)18-7-8-21-22(16-18)33-15-14-32-21)17-9-12-27(13-10-17)24-19-4-1-2-6-23(19)34(30,31)26-24/h1-2,4,6-8,16-17,20H,3,5,9-15H2/t20-/m1/s1. The average Bonchev–Trinajstić information content (AvgIpc) is 3.46. The highest BCUT2D eigenvalue weighted by atomic mass is 32.2. The first-order chi connectivity index (χ1) is 16.5. The van der Waals surface area contributed by atoms with Gasteiger partial charge >= 0.3 is 0 Å². The summed E-state index contributed by atoms with van der Waals surface area (Å²) in [4.78, 5) is 17.8. The zero-order valence-electron chi connectivity index (χ0n) is 18.9. The Morgan fingerprint density at radius 2 is 1.71 bits per heavy atom. The van der Waals surface area contributed by atoms with Crippen LogP contribution in [0, 0.1) is 5.92 Å². The number of carbonyl (C=O) groups is 1. The monoisotopic (exact) mass is 481 g/mol. The van der Waals surface area contributed by atoms with Gasteiger partial charge in [0.15, 0.2) is 17.3 Å². The van der Waals surface area contributed by atoms with Gasteiger partial charge in [-0.15, -0.1) is 4.40 Å². The van der Waals surface area contributed by atoms with Crippen molar-refractivity contribution < 1.29 is 22.7 Å². The molecule has 4 aliphatic heterocycles. The van der Waals surface area contributed by atoms with Crippen molar-refractivity contribution in [2.75, 3.05) is 32.8 Å². The molecule has 0 unspecified atom stereocenters. The number of ether oxygens (including phenoxy) is 2. The lowest BCUT2D eigenvalue weighted by Crippen LogP contribution is -2.44. The summed E-state index contributed by atoms with van der Waals surface area (Å²) in [6, 6.07) is 13.0. The van der Waals surface area contributed by atoms with Crippen LogP contribution < -0.4 is 9.47 Å². The van der Waals surface area contributed by atoms with E-state index in [1.165, 1.54) is 0 Å². The molecule has 0 bridgehead atoms. The van der Waals surface area contributed by atoms with Crippen molar-refractivity contribution in [1.82, 2.24) is 9.80 Å². The quantitative estimate of drug-likeness (QED) is 0.655. The summed E-state index contributed by atoms with van der Waals surface area (Å²) >= 11 is 0. The summed E-state index contributed by atoms with van der Waals surface area (Å²) in [7, 11) is -3.64. The summed E-state index contributed by atoms with van der Waals surface area (Å²) in [6.45, 7) is 3.09. The Bertz CT molecular complexity index is 1270. The molecule has 34 heavy (non-hydrogen) atoms. The van der Waals surface area contributed by atoms with Gasteiger partial charge in [0.1, 0.15) is 18.1 Å². The molecule has 4 aliphatic rings. The van der Waals surface area contributed by atoms with Crippen LogP contribution in [0.5, 0.6) is 11.5 Å². The van der Waals surface area contributed by atoms with Crippen LogP contribution in [0.4, 0.5) is 0 Å². The van der Waals surface area contributed by atoms with Crippen molar-refractivity contribution in [3.63, 3.8) is 0 Å². The summed E-state index contributed by atoms with van der Waals surface area (Å²) in [6.07, 6.45) is 3.29. The molecular weight excluding hydrogens is 454 g/mol. The van der Waals surface area contributed by atoms with Crippen molar-refractivity contribution in [3.05, 3.63) is 53.6 Å². The van der Waals surface area contributed by atoms with E-state index in [0.29, 0.717) is 50.5 Å². The Morgan fingerprint density at radius 1 is 0.941 bits per heavy atom. The van der Waals surface area contributed by atoms with E-state index < -0.39 is 10.0 Å².